The van der Waals surface area contributed by atoms with E-state index in [1.165, 1.54) is 0 Å². The molecule has 24 heavy (non-hydrogen) atoms. The maximum absolute atomic E-state index is 12.4. The Hall–Kier alpha value is -2.95. The molecule has 0 saturated heterocycles. The number of H-pyrrole nitrogens is 1. The van der Waals surface area contributed by atoms with Gasteiger partial charge in [0.25, 0.3) is 0 Å². The van der Waals surface area contributed by atoms with Gasteiger partial charge < -0.3 is 20.1 Å². The van der Waals surface area contributed by atoms with Crippen LogP contribution in [-0.2, 0) is 4.74 Å². The van der Waals surface area contributed by atoms with Gasteiger partial charge in [0.05, 0.1) is 6.61 Å². The molecule has 3 aromatic rings. The smallest absolute Gasteiger partial charge is 0.342 e. The van der Waals surface area contributed by atoms with Gasteiger partial charge in [-0.15, -0.1) is 0 Å². The number of aromatic nitrogens is 1. The molecular formula is C19H20N2O3. The van der Waals surface area contributed by atoms with E-state index in [-0.39, 0.29) is 18.4 Å². The molecule has 0 amide bonds. The SMILES string of the molecule is CCOC(=O)c1c(N[C@H](C)c2ccccc2)[nH]c2ccc(O)cc12. The van der Waals surface area contributed by atoms with Gasteiger partial charge in [0, 0.05) is 16.9 Å². The highest BCUT2D eigenvalue weighted by Gasteiger charge is 2.21. The van der Waals surface area contributed by atoms with Gasteiger partial charge in [0.1, 0.15) is 17.1 Å². The van der Waals surface area contributed by atoms with Crippen LogP contribution in [0.1, 0.15) is 35.8 Å². The number of aromatic amines is 1. The summed E-state index contributed by atoms with van der Waals surface area (Å²) in [4.78, 5) is 15.6. The van der Waals surface area contributed by atoms with E-state index in [4.69, 9.17) is 4.74 Å². The van der Waals surface area contributed by atoms with Crippen LogP contribution in [-0.4, -0.2) is 22.7 Å². The molecule has 1 aromatic heterocycles. The summed E-state index contributed by atoms with van der Waals surface area (Å²) in [6, 6.07) is 14.9. The highest BCUT2D eigenvalue weighted by atomic mass is 16.5. The van der Waals surface area contributed by atoms with Crippen molar-refractivity contribution >= 4 is 22.7 Å². The molecule has 5 heteroatoms. The fraction of sp³-hybridized carbons (Fsp3) is 0.211. The topological polar surface area (TPSA) is 74.3 Å². The van der Waals surface area contributed by atoms with E-state index < -0.39 is 5.97 Å². The normalized spacial score (nSPS) is 12.1. The molecule has 1 heterocycles. The first-order valence-corrected chi connectivity index (χ1v) is 7.93. The van der Waals surface area contributed by atoms with Crippen LogP contribution in [0.3, 0.4) is 0 Å². The van der Waals surface area contributed by atoms with Crippen LogP contribution in [0.5, 0.6) is 5.75 Å². The lowest BCUT2D eigenvalue weighted by molar-refractivity contribution is 0.0530. The number of rotatable bonds is 5. The van der Waals surface area contributed by atoms with Gasteiger partial charge in [-0.3, -0.25) is 0 Å². The Labute approximate surface area is 140 Å². The standard InChI is InChI=1S/C19H20N2O3/c1-3-24-19(23)17-15-11-14(22)9-10-16(15)21-18(17)20-12(2)13-7-5-4-6-8-13/h4-12,20-22H,3H2,1-2H3/t12-/m1/s1. The second-order valence-corrected chi connectivity index (χ2v) is 5.60. The molecule has 5 nitrogen and oxygen atoms in total. The van der Waals surface area contributed by atoms with Crippen molar-refractivity contribution in [3.05, 3.63) is 59.7 Å². The predicted octanol–water partition coefficient (Wildman–Crippen LogP) is 4.22. The zero-order chi connectivity index (χ0) is 17.1. The van der Waals surface area contributed by atoms with Gasteiger partial charge in [-0.05, 0) is 37.6 Å². The molecule has 0 saturated carbocycles. The lowest BCUT2D eigenvalue weighted by Crippen LogP contribution is -2.12. The van der Waals surface area contributed by atoms with Crippen molar-refractivity contribution in [2.75, 3.05) is 11.9 Å². The van der Waals surface area contributed by atoms with Crippen molar-refractivity contribution < 1.29 is 14.6 Å². The van der Waals surface area contributed by atoms with Gasteiger partial charge in [-0.1, -0.05) is 30.3 Å². The number of ether oxygens (including phenoxy) is 1. The summed E-state index contributed by atoms with van der Waals surface area (Å²) < 4.78 is 5.18. The molecule has 0 bridgehead atoms. The molecule has 1 atom stereocenters. The third-order valence-electron chi connectivity index (χ3n) is 3.92. The highest BCUT2D eigenvalue weighted by molar-refractivity contribution is 6.09. The maximum Gasteiger partial charge on any atom is 0.342 e. The Kier molecular flexibility index (Phi) is 4.42. The number of esters is 1. The molecule has 0 spiro atoms. The molecule has 3 N–H and O–H groups in total. The lowest BCUT2D eigenvalue weighted by atomic mass is 10.1. The maximum atomic E-state index is 12.4. The number of phenols is 1. The van der Waals surface area contributed by atoms with Crippen LogP contribution >= 0.6 is 0 Å². The molecular weight excluding hydrogens is 304 g/mol. The number of fused-ring (bicyclic) bond motifs is 1. The first kappa shape index (κ1) is 15.9. The van der Waals surface area contributed by atoms with Crippen molar-refractivity contribution in [3.8, 4) is 5.75 Å². The second-order valence-electron chi connectivity index (χ2n) is 5.60. The summed E-state index contributed by atoms with van der Waals surface area (Å²) in [5.74, 6) is 0.275. The van der Waals surface area contributed by atoms with E-state index >= 15 is 0 Å². The Morgan fingerprint density at radius 2 is 2.00 bits per heavy atom. The molecule has 124 valence electrons. The van der Waals surface area contributed by atoms with Crippen LogP contribution in [0.4, 0.5) is 5.82 Å². The van der Waals surface area contributed by atoms with Gasteiger partial charge in [0.2, 0.25) is 0 Å². The minimum atomic E-state index is -0.419. The fourth-order valence-electron chi connectivity index (χ4n) is 2.75. The van der Waals surface area contributed by atoms with E-state index in [1.807, 2.05) is 37.3 Å². The van der Waals surface area contributed by atoms with Crippen molar-refractivity contribution in [2.24, 2.45) is 0 Å². The van der Waals surface area contributed by atoms with E-state index in [0.717, 1.165) is 11.1 Å². The second kappa shape index (κ2) is 6.66. The zero-order valence-electron chi connectivity index (χ0n) is 13.7. The first-order valence-electron chi connectivity index (χ1n) is 7.93. The lowest BCUT2D eigenvalue weighted by Gasteiger charge is -2.15. The number of phenolic OH excluding ortho intramolecular Hbond substituents is 1. The summed E-state index contributed by atoms with van der Waals surface area (Å²) >= 11 is 0. The van der Waals surface area contributed by atoms with Crippen molar-refractivity contribution in [2.45, 2.75) is 19.9 Å². The minimum Gasteiger partial charge on any atom is -0.508 e. The number of carbonyl (C=O) groups excluding carboxylic acids is 1. The number of nitrogens with one attached hydrogen (secondary N) is 2. The zero-order valence-corrected chi connectivity index (χ0v) is 13.7. The Morgan fingerprint density at radius 3 is 2.71 bits per heavy atom. The predicted molar refractivity (Wildman–Crippen MR) is 94.4 cm³/mol. The number of anilines is 1. The van der Waals surface area contributed by atoms with E-state index in [9.17, 15) is 9.90 Å². The molecule has 0 fully saturated rings. The Bertz CT molecular complexity index is 856. The molecule has 0 aliphatic heterocycles. The average molecular weight is 324 g/mol. The summed E-state index contributed by atoms with van der Waals surface area (Å²) in [6.45, 7) is 4.08. The summed E-state index contributed by atoms with van der Waals surface area (Å²) in [7, 11) is 0. The quantitative estimate of drug-likeness (QED) is 0.614. The summed E-state index contributed by atoms with van der Waals surface area (Å²) in [5.41, 5.74) is 2.28. The Balaban J connectivity index is 2.03. The monoisotopic (exact) mass is 324 g/mol. The van der Waals surface area contributed by atoms with Crippen LogP contribution in [0, 0.1) is 0 Å². The molecule has 0 aliphatic rings. The third kappa shape index (κ3) is 3.06. The van der Waals surface area contributed by atoms with Crippen LogP contribution in [0.2, 0.25) is 0 Å². The van der Waals surface area contributed by atoms with Crippen LogP contribution < -0.4 is 5.32 Å². The molecule has 2 aromatic carbocycles. The van der Waals surface area contributed by atoms with E-state index in [0.29, 0.717) is 16.8 Å². The van der Waals surface area contributed by atoms with E-state index in [2.05, 4.69) is 10.3 Å². The largest absolute Gasteiger partial charge is 0.508 e. The van der Waals surface area contributed by atoms with Crippen LogP contribution in [0.15, 0.2) is 48.5 Å². The molecule has 0 aliphatic carbocycles. The number of carbonyl (C=O) groups is 1. The minimum absolute atomic E-state index is 0.000959. The first-order chi connectivity index (χ1) is 11.6. The molecule has 0 radical (unpaired) electrons. The van der Waals surface area contributed by atoms with Gasteiger partial charge >= 0.3 is 5.97 Å². The van der Waals surface area contributed by atoms with Gasteiger partial charge in [-0.2, -0.15) is 0 Å². The summed E-state index contributed by atoms with van der Waals surface area (Å²) in [5, 5.41) is 13.7. The molecule has 3 rings (SSSR count). The Morgan fingerprint density at radius 1 is 1.25 bits per heavy atom. The average Bonchev–Trinajstić information content (AvgIpc) is 2.93. The third-order valence-corrected chi connectivity index (χ3v) is 3.92. The number of hydrogen-bond acceptors (Lipinski definition) is 4. The van der Waals surface area contributed by atoms with Crippen molar-refractivity contribution in [3.63, 3.8) is 0 Å². The van der Waals surface area contributed by atoms with Gasteiger partial charge in [0.15, 0.2) is 0 Å². The number of hydrogen-bond donors (Lipinski definition) is 3. The fourth-order valence-corrected chi connectivity index (χ4v) is 2.75. The van der Waals surface area contributed by atoms with Crippen LogP contribution in [0.25, 0.3) is 10.9 Å². The van der Waals surface area contributed by atoms with E-state index in [1.54, 1.807) is 25.1 Å². The number of aromatic hydroxyl groups is 1. The highest BCUT2D eigenvalue weighted by Crippen LogP contribution is 2.31. The van der Waals surface area contributed by atoms with Crippen molar-refractivity contribution in [1.29, 1.82) is 0 Å². The summed E-state index contributed by atoms with van der Waals surface area (Å²) in [6.07, 6.45) is 0. The van der Waals surface area contributed by atoms with Crippen molar-refractivity contribution in [1.82, 2.24) is 4.98 Å². The molecule has 0 unspecified atom stereocenters. The number of benzene rings is 2. The van der Waals surface area contributed by atoms with Gasteiger partial charge in [-0.25, -0.2) is 4.79 Å².